The Hall–Kier alpha value is -1.35. The van der Waals surface area contributed by atoms with Crippen LogP contribution in [0.5, 0.6) is 0 Å². The number of hydrogen-bond acceptors (Lipinski definition) is 2. The largest absolute Gasteiger partial charge is 0.481 e. The summed E-state index contributed by atoms with van der Waals surface area (Å²) in [5, 5.41) is 8.67. The highest BCUT2D eigenvalue weighted by atomic mass is 16.4. The zero-order chi connectivity index (χ0) is 14.1. The van der Waals surface area contributed by atoms with Gasteiger partial charge in [0, 0.05) is 12.5 Å². The van der Waals surface area contributed by atoms with Gasteiger partial charge in [0.05, 0.1) is 0 Å². The van der Waals surface area contributed by atoms with Crippen LogP contribution in [0.1, 0.15) is 38.7 Å². The molecule has 0 atom stereocenters. The third-order valence-electron chi connectivity index (χ3n) is 3.32. The van der Waals surface area contributed by atoms with Crippen LogP contribution in [-0.2, 0) is 11.2 Å². The summed E-state index contributed by atoms with van der Waals surface area (Å²) in [4.78, 5) is 12.9. The molecule has 0 saturated heterocycles. The first kappa shape index (κ1) is 15.7. The normalized spacial score (nSPS) is 11.2. The number of hydrogen-bond donors (Lipinski definition) is 1. The van der Waals surface area contributed by atoms with E-state index in [0.717, 1.165) is 32.4 Å². The molecule has 0 fully saturated rings. The van der Waals surface area contributed by atoms with Gasteiger partial charge in [-0.2, -0.15) is 0 Å². The highest BCUT2D eigenvalue weighted by Crippen LogP contribution is 2.07. The van der Waals surface area contributed by atoms with E-state index in [-0.39, 0.29) is 6.42 Å². The summed E-state index contributed by atoms with van der Waals surface area (Å²) < 4.78 is 0. The fraction of sp³-hybridized carbons (Fsp3) is 0.562. The lowest BCUT2D eigenvalue weighted by Gasteiger charge is -2.26. The van der Waals surface area contributed by atoms with Gasteiger partial charge in [-0.1, -0.05) is 30.3 Å². The molecule has 0 spiro atoms. The molecule has 1 aromatic rings. The van der Waals surface area contributed by atoms with E-state index in [4.69, 9.17) is 5.11 Å². The number of carboxylic acids is 1. The average Bonchev–Trinajstić information content (AvgIpc) is 2.37. The molecule has 0 aliphatic heterocycles. The van der Waals surface area contributed by atoms with Gasteiger partial charge in [0.15, 0.2) is 0 Å². The number of aryl methyl sites for hydroxylation is 1. The molecule has 3 nitrogen and oxygen atoms in total. The van der Waals surface area contributed by atoms with E-state index < -0.39 is 5.97 Å². The predicted octanol–water partition coefficient (Wildman–Crippen LogP) is 3.19. The molecule has 1 rings (SSSR count). The van der Waals surface area contributed by atoms with Gasteiger partial charge in [0.25, 0.3) is 0 Å². The average molecular weight is 263 g/mol. The van der Waals surface area contributed by atoms with Crippen molar-refractivity contribution in [3.8, 4) is 0 Å². The molecule has 0 aliphatic rings. The summed E-state index contributed by atoms with van der Waals surface area (Å²) in [6, 6.07) is 11.0. The van der Waals surface area contributed by atoms with Crippen molar-refractivity contribution in [2.75, 3.05) is 13.1 Å². The zero-order valence-corrected chi connectivity index (χ0v) is 12.0. The van der Waals surface area contributed by atoms with E-state index in [1.807, 2.05) is 6.07 Å². The third kappa shape index (κ3) is 6.97. The van der Waals surface area contributed by atoms with Crippen LogP contribution in [0.15, 0.2) is 30.3 Å². The second-order valence-electron chi connectivity index (χ2n) is 5.22. The molecule has 1 aromatic carbocycles. The molecule has 0 amide bonds. The van der Waals surface area contributed by atoms with E-state index in [1.165, 1.54) is 5.56 Å². The lowest BCUT2D eigenvalue weighted by Crippen LogP contribution is -2.33. The van der Waals surface area contributed by atoms with Crippen molar-refractivity contribution in [2.45, 2.75) is 45.6 Å². The highest BCUT2D eigenvalue weighted by Gasteiger charge is 2.09. The summed E-state index contributed by atoms with van der Waals surface area (Å²) >= 11 is 0. The molecule has 0 radical (unpaired) electrons. The summed E-state index contributed by atoms with van der Waals surface area (Å²) in [7, 11) is 0. The van der Waals surface area contributed by atoms with E-state index >= 15 is 0 Å². The van der Waals surface area contributed by atoms with Crippen LogP contribution in [-0.4, -0.2) is 35.1 Å². The number of aliphatic carboxylic acids is 1. The van der Waals surface area contributed by atoms with Crippen molar-refractivity contribution in [1.82, 2.24) is 4.90 Å². The first-order chi connectivity index (χ1) is 9.09. The third-order valence-corrected chi connectivity index (χ3v) is 3.32. The molecule has 0 bridgehead atoms. The van der Waals surface area contributed by atoms with Crippen molar-refractivity contribution in [1.29, 1.82) is 0 Å². The topological polar surface area (TPSA) is 40.5 Å². The number of carboxylic acid groups (broad SMARTS) is 1. The Kier molecular flexibility index (Phi) is 7.19. The van der Waals surface area contributed by atoms with E-state index in [2.05, 4.69) is 43.0 Å². The van der Waals surface area contributed by atoms with E-state index in [9.17, 15) is 4.79 Å². The maximum absolute atomic E-state index is 10.5. The number of rotatable bonds is 9. The van der Waals surface area contributed by atoms with Crippen LogP contribution < -0.4 is 0 Å². The maximum Gasteiger partial charge on any atom is 0.303 e. The van der Waals surface area contributed by atoms with Crippen LogP contribution in [0.3, 0.4) is 0 Å². The Morgan fingerprint density at radius 3 is 2.37 bits per heavy atom. The van der Waals surface area contributed by atoms with Crippen LogP contribution in [0.2, 0.25) is 0 Å². The monoisotopic (exact) mass is 263 g/mol. The fourth-order valence-corrected chi connectivity index (χ4v) is 2.19. The minimum absolute atomic E-state index is 0.266. The van der Waals surface area contributed by atoms with Crippen LogP contribution in [0.25, 0.3) is 0 Å². The second kappa shape index (κ2) is 8.70. The quantitative estimate of drug-likeness (QED) is 0.744. The van der Waals surface area contributed by atoms with Gasteiger partial charge in [0.1, 0.15) is 0 Å². The fourth-order valence-electron chi connectivity index (χ4n) is 2.19. The van der Waals surface area contributed by atoms with Crippen molar-refractivity contribution in [3.05, 3.63) is 35.9 Å². The standard InChI is InChI=1S/C16H25NO2/c1-14(2)17(13-7-11-16(18)19)12-6-10-15-8-4-3-5-9-15/h3-5,8-9,14H,6-7,10-13H2,1-2H3,(H,18,19). The molecular formula is C16H25NO2. The van der Waals surface area contributed by atoms with Crippen molar-refractivity contribution in [3.63, 3.8) is 0 Å². The molecule has 0 saturated carbocycles. The molecule has 0 aromatic heterocycles. The van der Waals surface area contributed by atoms with Gasteiger partial charge < -0.3 is 10.0 Å². The lowest BCUT2D eigenvalue weighted by molar-refractivity contribution is -0.137. The summed E-state index contributed by atoms with van der Waals surface area (Å²) in [6.07, 6.45) is 3.21. The molecule has 0 heterocycles. The molecule has 0 aliphatic carbocycles. The van der Waals surface area contributed by atoms with Gasteiger partial charge in [-0.3, -0.25) is 4.79 Å². The molecule has 3 heteroatoms. The summed E-state index contributed by atoms with van der Waals surface area (Å²) in [5.74, 6) is -0.701. The molecular weight excluding hydrogens is 238 g/mol. The van der Waals surface area contributed by atoms with Gasteiger partial charge >= 0.3 is 5.97 Å². The smallest absolute Gasteiger partial charge is 0.303 e. The minimum Gasteiger partial charge on any atom is -0.481 e. The predicted molar refractivity (Wildman–Crippen MR) is 78.3 cm³/mol. The van der Waals surface area contributed by atoms with Gasteiger partial charge in [-0.15, -0.1) is 0 Å². The molecule has 0 unspecified atom stereocenters. The zero-order valence-electron chi connectivity index (χ0n) is 12.0. The van der Waals surface area contributed by atoms with Crippen LogP contribution in [0.4, 0.5) is 0 Å². The molecule has 106 valence electrons. The van der Waals surface area contributed by atoms with E-state index in [0.29, 0.717) is 6.04 Å². The summed E-state index contributed by atoms with van der Waals surface area (Å²) in [6.45, 7) is 6.25. The van der Waals surface area contributed by atoms with E-state index in [1.54, 1.807) is 0 Å². The van der Waals surface area contributed by atoms with Crippen molar-refractivity contribution < 1.29 is 9.90 Å². The Bertz CT molecular complexity index is 362. The Morgan fingerprint density at radius 1 is 1.16 bits per heavy atom. The van der Waals surface area contributed by atoms with Gasteiger partial charge in [-0.25, -0.2) is 0 Å². The summed E-state index contributed by atoms with van der Waals surface area (Å²) in [5.41, 5.74) is 1.37. The maximum atomic E-state index is 10.5. The van der Waals surface area contributed by atoms with Crippen molar-refractivity contribution in [2.24, 2.45) is 0 Å². The van der Waals surface area contributed by atoms with Crippen molar-refractivity contribution >= 4 is 5.97 Å². The van der Waals surface area contributed by atoms with Crippen LogP contribution >= 0.6 is 0 Å². The molecule has 1 N–H and O–H groups in total. The number of benzene rings is 1. The Morgan fingerprint density at radius 2 is 1.79 bits per heavy atom. The van der Waals surface area contributed by atoms with Gasteiger partial charge in [0.2, 0.25) is 0 Å². The Labute approximate surface area is 116 Å². The first-order valence-electron chi connectivity index (χ1n) is 7.09. The lowest BCUT2D eigenvalue weighted by atomic mass is 10.1. The Balaban J connectivity index is 2.27. The highest BCUT2D eigenvalue weighted by molar-refractivity contribution is 5.66. The minimum atomic E-state index is -0.701. The first-order valence-corrected chi connectivity index (χ1v) is 7.09. The van der Waals surface area contributed by atoms with Gasteiger partial charge in [-0.05, 0) is 51.8 Å². The SMILES string of the molecule is CC(C)N(CCCC(=O)O)CCCc1ccccc1. The second-order valence-corrected chi connectivity index (χ2v) is 5.22. The number of carbonyl (C=O) groups is 1. The molecule has 19 heavy (non-hydrogen) atoms. The number of nitrogens with zero attached hydrogens (tertiary/aromatic N) is 1. The van der Waals surface area contributed by atoms with Crippen LogP contribution in [0, 0.1) is 0 Å².